The monoisotopic (exact) mass is 1680 g/mol. The van der Waals surface area contributed by atoms with Crippen LogP contribution in [0.3, 0.4) is 0 Å². The molecule has 27 nitrogen and oxygen atoms in total. The number of phenolic OH excluding ortho intramolecular Hbond substituents is 1. The van der Waals surface area contributed by atoms with Gasteiger partial charge in [0.15, 0.2) is 46.0 Å². The Balaban J connectivity index is 0.000000154. The fourth-order valence-corrected chi connectivity index (χ4v) is 12.9. The predicted octanol–water partition coefficient (Wildman–Crippen LogP) is 15.3. The fraction of sp³-hybridized carbons (Fsp3) is 0.386. The van der Waals surface area contributed by atoms with Gasteiger partial charge in [-0.25, -0.2) is 15.0 Å². The number of methoxy groups -OCH3 is 4. The Bertz CT molecular complexity index is 4570. The van der Waals surface area contributed by atoms with Gasteiger partial charge in [-0.3, -0.25) is 39.5 Å². The Kier molecular flexibility index (Phi) is 36.5. The molecule has 4 aliphatic heterocycles. The van der Waals surface area contributed by atoms with Crippen LogP contribution in [0.4, 0.5) is 5.82 Å². The highest BCUT2D eigenvalue weighted by atomic mass is 35.5. The first-order valence-corrected chi connectivity index (χ1v) is 39.7. The summed E-state index contributed by atoms with van der Waals surface area (Å²) in [4.78, 5) is 38.6. The lowest BCUT2D eigenvalue weighted by atomic mass is 10.2. The second kappa shape index (κ2) is 47.7. The summed E-state index contributed by atoms with van der Waals surface area (Å²) in [6.07, 6.45) is 15.1. The predicted molar refractivity (Wildman–Crippen MR) is 449 cm³/mol. The van der Waals surface area contributed by atoms with Crippen molar-refractivity contribution < 1.29 is 71.8 Å². The van der Waals surface area contributed by atoms with Gasteiger partial charge in [0.2, 0.25) is 0 Å². The Labute approximate surface area is 694 Å². The SMILES string of the molecule is COc1cc2c(Cl)ccnc2cc1O.COc1cc2c(Cl)ccnc2cc1OCCCN1CCOCC1.COc1cc2c(Oc3ccc(Cl)nc3)ccnc2cc1OCCCN1CCOCC1.COc1cc2c(Oc3ccc(N)nc3)ccnc2cc1OCCCN1CCOCC1.ClCCCN1CCOCC1.Oc1ccc(Cl)nc1. The summed E-state index contributed by atoms with van der Waals surface area (Å²) in [6, 6.07) is 31.5. The van der Waals surface area contributed by atoms with Crippen molar-refractivity contribution in [2.75, 3.05) is 191 Å². The molecule has 0 atom stereocenters. The lowest BCUT2D eigenvalue weighted by Gasteiger charge is -2.26. The molecule has 4 saturated heterocycles. The molecule has 4 aromatic carbocycles. The molecule has 0 amide bonds. The zero-order valence-corrected chi connectivity index (χ0v) is 68.6. The van der Waals surface area contributed by atoms with E-state index in [0.717, 1.165) is 201 Å². The van der Waals surface area contributed by atoms with Crippen molar-refractivity contribution in [2.24, 2.45) is 0 Å². The second-order valence-corrected chi connectivity index (χ2v) is 28.0. The Morgan fingerprint density at radius 3 is 1.07 bits per heavy atom. The maximum Gasteiger partial charge on any atom is 0.163 e. The molecule has 0 bridgehead atoms. The zero-order chi connectivity index (χ0) is 80.9. The molecule has 11 aromatic rings. The van der Waals surface area contributed by atoms with Gasteiger partial charge in [-0.05, 0) is 117 Å². The number of ether oxygens (including phenoxy) is 13. The normalized spacial score (nSPS) is 14.5. The van der Waals surface area contributed by atoms with Gasteiger partial charge in [0, 0.05) is 148 Å². The van der Waals surface area contributed by atoms with Gasteiger partial charge in [0.1, 0.15) is 44.9 Å². The number of benzene rings is 4. The third kappa shape index (κ3) is 28.3. The molecule has 0 spiro atoms. The Morgan fingerprint density at radius 1 is 0.365 bits per heavy atom. The number of nitrogens with zero attached hydrogens (tertiary/aromatic N) is 11. The molecule has 15 rings (SSSR count). The lowest BCUT2D eigenvalue weighted by molar-refractivity contribution is 0.0357. The van der Waals surface area contributed by atoms with E-state index in [9.17, 15) is 5.11 Å². The molecule has 32 heteroatoms. The average molecular weight is 1680 g/mol. The number of anilines is 1. The van der Waals surface area contributed by atoms with Gasteiger partial charge < -0.3 is 77.5 Å². The summed E-state index contributed by atoms with van der Waals surface area (Å²) in [5.74, 6) is 8.32. The van der Waals surface area contributed by atoms with Gasteiger partial charge in [-0.1, -0.05) is 46.4 Å². The first-order chi connectivity index (χ1) is 56.2. The molecule has 614 valence electrons. The number of rotatable bonds is 26. The fourth-order valence-electron chi connectivity index (χ4n) is 12.2. The molecular formula is C83H97Cl5N12O15. The summed E-state index contributed by atoms with van der Waals surface area (Å²) in [5.41, 5.74) is 8.62. The maximum absolute atomic E-state index is 9.49. The summed E-state index contributed by atoms with van der Waals surface area (Å²) < 4.78 is 72.7. The van der Waals surface area contributed by atoms with Crippen LogP contribution in [0.5, 0.6) is 74.7 Å². The Hall–Kier alpha value is -9.30. The molecule has 7 aromatic heterocycles. The standard InChI is InChI=1S/C22H24ClN3O4.C22H26N4O4.C17H21ClN2O3.C10H8ClNO2.C7H14ClNO.C5H4ClNO/c2*1-27-20-13-17-18(14-21(20)29-10-2-7-26-8-11-28-12-9-26)24-6-5-19(17)30-16-3-4-22(23)25-15-16;1-21-16-11-13-14(18)3-4-19-15(13)12-17(16)23-8-2-5-20-6-9-22-10-7-20;1-14-10-4-6-7(11)2-3-12-8(6)5-9(10)13;8-2-1-3-9-4-6-10-7-5-9;6-5-2-1-4(8)3-7-5/h3-6,13-15H,2,7-12H2,1H3;3-6,13-15H,2,7-12H2,1H3,(H2,23,25);3-4,11-12H,2,5-10H2,1H3;2-5,13H,1H3;1-7H2;1-3,8H. The first-order valence-electron chi connectivity index (χ1n) is 37.7. The van der Waals surface area contributed by atoms with Crippen LogP contribution >= 0.6 is 58.0 Å². The minimum atomic E-state index is 0.0646. The molecule has 4 aliphatic rings. The van der Waals surface area contributed by atoms with Crippen LogP contribution in [0.15, 0.2) is 153 Å². The highest BCUT2D eigenvalue weighted by Crippen LogP contribution is 2.40. The summed E-state index contributed by atoms with van der Waals surface area (Å²) in [6.45, 7) is 20.7. The summed E-state index contributed by atoms with van der Waals surface area (Å²) >= 11 is 29.0. The van der Waals surface area contributed by atoms with Crippen molar-refractivity contribution in [1.29, 1.82) is 0 Å². The number of fused-ring (bicyclic) bond motifs is 4. The maximum atomic E-state index is 9.49. The number of aromatic hydroxyl groups is 2. The van der Waals surface area contributed by atoms with E-state index in [0.29, 0.717) is 115 Å². The van der Waals surface area contributed by atoms with Crippen LogP contribution in [0, 0.1) is 0 Å². The van der Waals surface area contributed by atoms with Crippen molar-refractivity contribution in [2.45, 2.75) is 25.7 Å². The van der Waals surface area contributed by atoms with Crippen LogP contribution in [-0.4, -0.2) is 250 Å². The van der Waals surface area contributed by atoms with Crippen molar-refractivity contribution in [3.63, 3.8) is 0 Å². The van der Waals surface area contributed by atoms with Crippen LogP contribution in [0.1, 0.15) is 25.7 Å². The van der Waals surface area contributed by atoms with Gasteiger partial charge >= 0.3 is 0 Å². The molecule has 0 aliphatic carbocycles. The van der Waals surface area contributed by atoms with E-state index in [1.165, 1.54) is 31.5 Å². The molecule has 0 radical (unpaired) electrons. The molecule has 0 unspecified atom stereocenters. The van der Waals surface area contributed by atoms with Crippen LogP contribution in [0.25, 0.3) is 43.6 Å². The minimum absolute atomic E-state index is 0.0646. The van der Waals surface area contributed by atoms with Crippen molar-refractivity contribution in [3.8, 4) is 74.7 Å². The van der Waals surface area contributed by atoms with Gasteiger partial charge in [0.25, 0.3) is 0 Å². The molecule has 0 saturated carbocycles. The number of hydrogen-bond acceptors (Lipinski definition) is 27. The number of aromatic nitrogens is 7. The Morgan fingerprint density at radius 2 is 0.713 bits per heavy atom. The number of phenols is 1. The number of nitrogens with two attached hydrogens (primary N) is 1. The number of alkyl halides is 1. The van der Waals surface area contributed by atoms with E-state index in [-0.39, 0.29) is 11.5 Å². The number of nitrogen functional groups attached to an aromatic ring is 1. The molecule has 11 heterocycles. The zero-order valence-electron chi connectivity index (χ0n) is 64.8. The van der Waals surface area contributed by atoms with Gasteiger partial charge in [-0.15, -0.1) is 11.6 Å². The highest BCUT2D eigenvalue weighted by Gasteiger charge is 2.19. The van der Waals surface area contributed by atoms with E-state index in [2.05, 4.69) is 54.5 Å². The molecular weight excluding hydrogens is 1580 g/mol. The molecule has 4 N–H and O–H groups in total. The van der Waals surface area contributed by atoms with Crippen LogP contribution < -0.4 is 48.4 Å². The van der Waals surface area contributed by atoms with Crippen LogP contribution in [-0.2, 0) is 18.9 Å². The number of morpholine rings is 4. The smallest absolute Gasteiger partial charge is 0.163 e. The van der Waals surface area contributed by atoms with Crippen molar-refractivity contribution >= 4 is 107 Å². The van der Waals surface area contributed by atoms with E-state index < -0.39 is 0 Å². The van der Waals surface area contributed by atoms with Crippen molar-refractivity contribution in [3.05, 3.63) is 173 Å². The third-order valence-electron chi connectivity index (χ3n) is 18.2. The number of pyridine rings is 7. The van der Waals surface area contributed by atoms with E-state index in [1.54, 1.807) is 113 Å². The minimum Gasteiger partial charge on any atom is -0.506 e. The summed E-state index contributed by atoms with van der Waals surface area (Å²) in [5, 5.41) is 23.5. The van der Waals surface area contributed by atoms with Gasteiger partial charge in [0.05, 0.1) is 152 Å². The van der Waals surface area contributed by atoms with E-state index in [4.69, 9.17) is 130 Å². The average Bonchev–Trinajstić information content (AvgIpc) is 0.767. The van der Waals surface area contributed by atoms with Gasteiger partial charge in [-0.2, -0.15) is 0 Å². The number of halogens is 5. The highest BCUT2D eigenvalue weighted by molar-refractivity contribution is 6.36. The second-order valence-electron chi connectivity index (χ2n) is 26.0. The lowest BCUT2D eigenvalue weighted by Crippen LogP contribution is -2.37. The summed E-state index contributed by atoms with van der Waals surface area (Å²) in [7, 11) is 6.38. The third-order valence-corrected chi connectivity index (χ3v) is 19.6. The van der Waals surface area contributed by atoms with E-state index >= 15 is 0 Å². The topological polar surface area (TPSA) is 290 Å². The first kappa shape index (κ1) is 88.1. The van der Waals surface area contributed by atoms with E-state index in [1.807, 2.05) is 36.4 Å². The van der Waals surface area contributed by atoms with Crippen molar-refractivity contribution in [1.82, 2.24) is 54.5 Å². The largest absolute Gasteiger partial charge is 0.506 e. The molecule has 4 fully saturated rings. The van der Waals surface area contributed by atoms with Crippen LogP contribution in [0.2, 0.25) is 20.4 Å². The quantitative estimate of drug-likeness (QED) is 0.0258. The molecule has 115 heavy (non-hydrogen) atoms. The number of hydrogen-bond donors (Lipinski definition) is 3.